The van der Waals surface area contributed by atoms with Gasteiger partial charge in [0.1, 0.15) is 17.5 Å². The van der Waals surface area contributed by atoms with Gasteiger partial charge < -0.3 is 0 Å². The molecule has 5 heteroatoms. The standard InChI is InChI=1S/C21H14F3NS/c22-15-9-11-16(12-10-15)26-14-13-20(17-5-1-2-6-18(17)23)25-21-8-4-3-7-19(21)24/h1-14H. The maximum Gasteiger partial charge on any atom is 0.148 e. The van der Waals surface area contributed by atoms with Gasteiger partial charge in [0.2, 0.25) is 0 Å². The number of para-hydroxylation sites is 1. The quantitative estimate of drug-likeness (QED) is 0.368. The van der Waals surface area contributed by atoms with Crippen molar-refractivity contribution in [1.82, 2.24) is 0 Å². The normalized spacial score (nSPS) is 11.9. The average Bonchev–Trinajstić information content (AvgIpc) is 2.65. The zero-order chi connectivity index (χ0) is 18.4. The number of halogens is 3. The van der Waals surface area contributed by atoms with E-state index in [-0.39, 0.29) is 17.1 Å². The van der Waals surface area contributed by atoms with Crippen LogP contribution in [-0.4, -0.2) is 5.71 Å². The number of benzene rings is 3. The van der Waals surface area contributed by atoms with Gasteiger partial charge >= 0.3 is 0 Å². The molecule has 0 spiro atoms. The fraction of sp³-hybridized carbons (Fsp3) is 0. The second-order valence-electron chi connectivity index (χ2n) is 5.30. The van der Waals surface area contributed by atoms with Crippen LogP contribution in [0.2, 0.25) is 0 Å². The van der Waals surface area contributed by atoms with E-state index in [0.29, 0.717) is 5.71 Å². The SMILES string of the molecule is Fc1ccc(SC=CC(=Nc2ccccc2F)c2ccccc2F)cc1. The molecule has 1 nitrogen and oxygen atoms in total. The molecular formula is C21H14F3NS. The first-order valence-electron chi connectivity index (χ1n) is 7.80. The maximum absolute atomic E-state index is 14.2. The van der Waals surface area contributed by atoms with Gasteiger partial charge in [0.15, 0.2) is 0 Å². The minimum atomic E-state index is -0.485. The lowest BCUT2D eigenvalue weighted by atomic mass is 10.1. The van der Waals surface area contributed by atoms with Gasteiger partial charge in [-0.3, -0.25) is 0 Å². The third-order valence-corrected chi connectivity index (χ3v) is 4.30. The van der Waals surface area contributed by atoms with Crippen LogP contribution < -0.4 is 0 Å². The number of hydrogen-bond acceptors (Lipinski definition) is 2. The number of thioether (sulfide) groups is 1. The van der Waals surface area contributed by atoms with Crippen LogP contribution in [-0.2, 0) is 0 Å². The summed E-state index contributed by atoms with van der Waals surface area (Å²) in [6.45, 7) is 0. The molecule has 3 rings (SSSR count). The Labute approximate surface area is 153 Å². The summed E-state index contributed by atoms with van der Waals surface area (Å²) >= 11 is 1.33. The highest BCUT2D eigenvalue weighted by atomic mass is 32.2. The number of allylic oxidation sites excluding steroid dienone is 1. The zero-order valence-corrected chi connectivity index (χ0v) is 14.4. The molecule has 0 N–H and O–H groups in total. The van der Waals surface area contributed by atoms with E-state index in [1.54, 1.807) is 53.9 Å². The predicted octanol–water partition coefficient (Wildman–Crippen LogP) is 6.53. The highest BCUT2D eigenvalue weighted by molar-refractivity contribution is 8.02. The summed E-state index contributed by atoms with van der Waals surface area (Å²) in [5.41, 5.74) is 0.691. The Kier molecular flexibility index (Phi) is 5.92. The van der Waals surface area contributed by atoms with Crippen LogP contribution in [0.5, 0.6) is 0 Å². The average molecular weight is 369 g/mol. The second kappa shape index (κ2) is 8.54. The Morgan fingerprint density at radius 3 is 2.12 bits per heavy atom. The summed E-state index contributed by atoms with van der Waals surface area (Å²) in [5.74, 6) is -1.24. The lowest BCUT2D eigenvalue weighted by Gasteiger charge is -2.05. The monoisotopic (exact) mass is 369 g/mol. The Morgan fingerprint density at radius 1 is 0.769 bits per heavy atom. The van der Waals surface area contributed by atoms with Crippen LogP contribution >= 0.6 is 11.8 Å². The maximum atomic E-state index is 14.2. The molecule has 0 fully saturated rings. The van der Waals surface area contributed by atoms with Crippen molar-refractivity contribution in [2.75, 3.05) is 0 Å². The molecule has 130 valence electrons. The van der Waals surface area contributed by atoms with Crippen molar-refractivity contribution < 1.29 is 13.2 Å². The van der Waals surface area contributed by atoms with Gasteiger partial charge in [-0.2, -0.15) is 0 Å². The third-order valence-electron chi connectivity index (χ3n) is 3.49. The Morgan fingerprint density at radius 2 is 1.42 bits per heavy atom. The molecule has 0 saturated heterocycles. The van der Waals surface area contributed by atoms with Crippen molar-refractivity contribution >= 4 is 23.2 Å². The largest absolute Gasteiger partial charge is 0.245 e. The van der Waals surface area contributed by atoms with E-state index in [1.807, 2.05) is 0 Å². The fourth-order valence-corrected chi connectivity index (χ4v) is 2.87. The molecule has 0 aliphatic rings. The first-order chi connectivity index (χ1) is 12.6. The van der Waals surface area contributed by atoms with E-state index in [0.717, 1.165) is 4.90 Å². The van der Waals surface area contributed by atoms with E-state index in [9.17, 15) is 13.2 Å². The third kappa shape index (κ3) is 4.64. The molecule has 3 aromatic carbocycles. The van der Waals surface area contributed by atoms with Gasteiger partial charge in [-0.15, -0.1) is 0 Å². The van der Waals surface area contributed by atoms with Crippen LogP contribution in [0.25, 0.3) is 0 Å². The molecule has 26 heavy (non-hydrogen) atoms. The van der Waals surface area contributed by atoms with Crippen LogP contribution in [0, 0.1) is 17.5 Å². The molecule has 0 amide bonds. The Balaban J connectivity index is 1.93. The minimum absolute atomic E-state index is 0.127. The van der Waals surface area contributed by atoms with Crippen molar-refractivity contribution in [2.24, 2.45) is 4.99 Å². The summed E-state index contributed by atoms with van der Waals surface area (Å²) in [6.07, 6.45) is 1.61. The molecule has 0 aliphatic carbocycles. The molecule has 0 bridgehead atoms. The van der Waals surface area contributed by atoms with E-state index in [2.05, 4.69) is 4.99 Å². The van der Waals surface area contributed by atoms with E-state index < -0.39 is 11.6 Å². The Hall–Kier alpha value is -2.79. The smallest absolute Gasteiger partial charge is 0.148 e. The summed E-state index contributed by atoms with van der Waals surface area (Å²) in [5, 5.41) is 1.71. The molecular weight excluding hydrogens is 355 g/mol. The molecule has 0 saturated carbocycles. The lowest BCUT2D eigenvalue weighted by molar-refractivity contribution is 0.624. The summed E-state index contributed by atoms with van der Waals surface area (Å²) in [6, 6.07) is 18.2. The van der Waals surface area contributed by atoms with Crippen molar-refractivity contribution in [3.05, 3.63) is 107 Å². The molecule has 0 aliphatic heterocycles. The first kappa shape index (κ1) is 18.0. The number of rotatable bonds is 5. The van der Waals surface area contributed by atoms with E-state index in [4.69, 9.17) is 0 Å². The first-order valence-corrected chi connectivity index (χ1v) is 8.68. The number of aliphatic imine (C=N–C) groups is 1. The summed E-state index contributed by atoms with van der Waals surface area (Å²) < 4.78 is 41.1. The van der Waals surface area contributed by atoms with Crippen molar-refractivity contribution in [2.45, 2.75) is 4.90 Å². The van der Waals surface area contributed by atoms with E-state index >= 15 is 0 Å². The number of nitrogens with zero attached hydrogens (tertiary/aromatic N) is 1. The molecule has 0 heterocycles. The van der Waals surface area contributed by atoms with Gasteiger partial charge in [-0.05, 0) is 60.0 Å². The molecule has 0 unspecified atom stereocenters. The topological polar surface area (TPSA) is 12.4 Å². The van der Waals surface area contributed by atoms with Gasteiger partial charge in [0.25, 0.3) is 0 Å². The van der Waals surface area contributed by atoms with Crippen LogP contribution in [0.15, 0.2) is 94.2 Å². The zero-order valence-electron chi connectivity index (χ0n) is 13.6. The van der Waals surface area contributed by atoms with Crippen molar-refractivity contribution in [3.8, 4) is 0 Å². The predicted molar refractivity (Wildman–Crippen MR) is 100 cm³/mol. The Bertz CT molecular complexity index is 949. The number of hydrogen-bond donors (Lipinski definition) is 0. The van der Waals surface area contributed by atoms with Gasteiger partial charge in [0, 0.05) is 10.5 Å². The van der Waals surface area contributed by atoms with Crippen LogP contribution in [0.1, 0.15) is 5.56 Å². The van der Waals surface area contributed by atoms with Crippen molar-refractivity contribution in [1.29, 1.82) is 0 Å². The minimum Gasteiger partial charge on any atom is -0.245 e. The van der Waals surface area contributed by atoms with Crippen LogP contribution in [0.3, 0.4) is 0 Å². The summed E-state index contributed by atoms with van der Waals surface area (Å²) in [4.78, 5) is 5.10. The van der Waals surface area contributed by atoms with Crippen LogP contribution in [0.4, 0.5) is 18.9 Å². The molecule has 0 atom stereocenters. The fourth-order valence-electron chi connectivity index (χ4n) is 2.22. The van der Waals surface area contributed by atoms with Gasteiger partial charge in [-0.1, -0.05) is 36.0 Å². The highest BCUT2D eigenvalue weighted by Gasteiger charge is 2.08. The highest BCUT2D eigenvalue weighted by Crippen LogP contribution is 2.22. The second-order valence-corrected chi connectivity index (χ2v) is 6.28. The summed E-state index contributed by atoms with van der Waals surface area (Å²) in [7, 11) is 0. The molecule has 0 aromatic heterocycles. The van der Waals surface area contributed by atoms with E-state index in [1.165, 1.54) is 42.1 Å². The van der Waals surface area contributed by atoms with Crippen molar-refractivity contribution in [3.63, 3.8) is 0 Å². The van der Waals surface area contributed by atoms with Gasteiger partial charge in [-0.25, -0.2) is 18.2 Å². The lowest BCUT2D eigenvalue weighted by Crippen LogP contribution is -2.00. The molecule has 0 radical (unpaired) electrons. The van der Waals surface area contributed by atoms with Gasteiger partial charge in [0.05, 0.1) is 11.4 Å². The molecule has 3 aromatic rings.